The molecular formula is C18H31NO3Si. The van der Waals surface area contributed by atoms with Crippen molar-refractivity contribution in [2.24, 2.45) is 11.3 Å². The second kappa shape index (κ2) is 8.08. The van der Waals surface area contributed by atoms with Gasteiger partial charge < -0.3 is 14.8 Å². The first-order valence-corrected chi connectivity index (χ1v) is 11.0. The minimum Gasteiger partial charge on any atom is -0.479 e. The van der Waals surface area contributed by atoms with Crippen molar-refractivity contribution in [2.45, 2.75) is 52.9 Å². The summed E-state index contributed by atoms with van der Waals surface area (Å²) < 4.78 is 6.10. The largest absolute Gasteiger partial charge is 0.479 e. The van der Waals surface area contributed by atoms with Gasteiger partial charge in [0.05, 0.1) is 0 Å². The van der Waals surface area contributed by atoms with Gasteiger partial charge in [-0.25, -0.2) is 4.79 Å². The highest BCUT2D eigenvalue weighted by Crippen LogP contribution is 2.37. The Kier molecular flexibility index (Phi) is 6.98. The molecule has 23 heavy (non-hydrogen) atoms. The topological polar surface area (TPSA) is 58.6 Å². The highest BCUT2D eigenvalue weighted by molar-refractivity contribution is 6.48. The van der Waals surface area contributed by atoms with Crippen LogP contribution in [0.5, 0.6) is 0 Å². The van der Waals surface area contributed by atoms with E-state index >= 15 is 0 Å². The van der Waals surface area contributed by atoms with Crippen molar-refractivity contribution in [1.82, 2.24) is 5.32 Å². The quantitative estimate of drug-likeness (QED) is 0.715. The molecule has 4 nitrogen and oxygen atoms in total. The molecule has 0 aromatic heterocycles. The molecule has 2 unspecified atom stereocenters. The molecular weight excluding hydrogens is 306 g/mol. The van der Waals surface area contributed by atoms with E-state index in [2.05, 4.69) is 26.1 Å². The van der Waals surface area contributed by atoms with Crippen molar-refractivity contribution in [1.29, 1.82) is 0 Å². The predicted molar refractivity (Wildman–Crippen MR) is 97.1 cm³/mol. The summed E-state index contributed by atoms with van der Waals surface area (Å²) in [5, 5.41) is 13.3. The van der Waals surface area contributed by atoms with E-state index in [1.54, 1.807) is 0 Å². The average Bonchev–Trinajstić information content (AvgIpc) is 2.44. The van der Waals surface area contributed by atoms with Crippen LogP contribution in [0.4, 0.5) is 0 Å². The van der Waals surface area contributed by atoms with E-state index in [1.165, 1.54) is 0 Å². The summed E-state index contributed by atoms with van der Waals surface area (Å²) in [6, 6.07) is 10.00. The van der Waals surface area contributed by atoms with Gasteiger partial charge in [0.2, 0.25) is 0 Å². The zero-order valence-electron chi connectivity index (χ0n) is 15.2. The molecule has 0 saturated heterocycles. The molecule has 130 valence electrons. The Labute approximate surface area is 142 Å². The SMILES string of the molecule is CC(C(C)(C)C)C(CNCc1ccccc1)(O[SiH](C)C)C(=O)O. The van der Waals surface area contributed by atoms with Crippen molar-refractivity contribution < 1.29 is 14.3 Å². The number of rotatable bonds is 8. The van der Waals surface area contributed by atoms with Crippen LogP contribution in [0.25, 0.3) is 0 Å². The van der Waals surface area contributed by atoms with Crippen molar-refractivity contribution in [3.05, 3.63) is 35.9 Å². The van der Waals surface area contributed by atoms with Crippen molar-refractivity contribution >= 4 is 15.0 Å². The summed E-state index contributed by atoms with van der Waals surface area (Å²) in [5.74, 6) is -0.993. The van der Waals surface area contributed by atoms with Crippen LogP contribution < -0.4 is 5.32 Å². The fraction of sp³-hybridized carbons (Fsp3) is 0.611. The molecule has 1 aromatic rings. The summed E-state index contributed by atoms with van der Waals surface area (Å²) in [6.07, 6.45) is 0. The lowest BCUT2D eigenvalue weighted by molar-refractivity contribution is -0.165. The molecule has 5 heteroatoms. The summed E-state index contributed by atoms with van der Waals surface area (Å²) in [5.41, 5.74) is -0.208. The molecule has 2 atom stereocenters. The zero-order chi connectivity index (χ0) is 17.7. The lowest BCUT2D eigenvalue weighted by Gasteiger charge is -2.43. The maximum absolute atomic E-state index is 12.1. The molecule has 2 N–H and O–H groups in total. The number of carboxylic acid groups (broad SMARTS) is 1. The molecule has 0 radical (unpaired) electrons. The van der Waals surface area contributed by atoms with E-state index in [9.17, 15) is 9.90 Å². The van der Waals surface area contributed by atoms with Gasteiger partial charge >= 0.3 is 5.97 Å². The van der Waals surface area contributed by atoms with Gasteiger partial charge in [0.1, 0.15) is 0 Å². The second-order valence-electron chi connectivity index (χ2n) is 7.54. The van der Waals surface area contributed by atoms with E-state index in [-0.39, 0.29) is 11.3 Å². The Morgan fingerprint density at radius 2 is 1.83 bits per heavy atom. The number of carbonyl (C=O) groups is 1. The van der Waals surface area contributed by atoms with Crippen LogP contribution in [0.15, 0.2) is 30.3 Å². The van der Waals surface area contributed by atoms with Crippen LogP contribution in [-0.4, -0.2) is 32.3 Å². The Balaban J connectivity index is 2.95. The van der Waals surface area contributed by atoms with E-state index in [0.717, 1.165) is 5.56 Å². The van der Waals surface area contributed by atoms with Gasteiger partial charge in [-0.3, -0.25) is 0 Å². The highest BCUT2D eigenvalue weighted by Gasteiger charge is 2.49. The molecule has 0 heterocycles. The normalized spacial score (nSPS) is 16.1. The van der Waals surface area contributed by atoms with Crippen LogP contribution >= 0.6 is 0 Å². The molecule has 0 bridgehead atoms. The first-order valence-electron chi connectivity index (χ1n) is 8.25. The van der Waals surface area contributed by atoms with E-state index in [1.807, 2.05) is 50.3 Å². The molecule has 0 aliphatic carbocycles. The van der Waals surface area contributed by atoms with Crippen LogP contribution in [0.1, 0.15) is 33.3 Å². The number of benzene rings is 1. The molecule has 1 aromatic carbocycles. The molecule has 0 saturated carbocycles. The van der Waals surface area contributed by atoms with E-state index in [0.29, 0.717) is 13.1 Å². The van der Waals surface area contributed by atoms with E-state index < -0.39 is 20.6 Å². The standard InChI is InChI=1S/C18H31NO3Si/c1-14(17(2,3)4)18(16(20)21,22-23(5)6)13-19-12-15-10-8-7-9-11-15/h7-11,14,19,23H,12-13H2,1-6H3,(H,20,21). The van der Waals surface area contributed by atoms with Crippen LogP contribution in [0, 0.1) is 11.3 Å². The molecule has 1 rings (SSSR count). The monoisotopic (exact) mass is 337 g/mol. The molecule has 0 spiro atoms. The Bertz CT molecular complexity index is 499. The summed E-state index contributed by atoms with van der Waals surface area (Å²) >= 11 is 0. The average molecular weight is 338 g/mol. The summed E-state index contributed by atoms with van der Waals surface area (Å²) in [7, 11) is -1.52. The van der Waals surface area contributed by atoms with Crippen molar-refractivity contribution in [3.8, 4) is 0 Å². The van der Waals surface area contributed by atoms with Gasteiger partial charge in [-0.2, -0.15) is 0 Å². The predicted octanol–water partition coefficient (Wildman–Crippen LogP) is 3.28. The Morgan fingerprint density at radius 1 is 1.26 bits per heavy atom. The van der Waals surface area contributed by atoms with Crippen molar-refractivity contribution in [3.63, 3.8) is 0 Å². The van der Waals surface area contributed by atoms with Gasteiger partial charge in [0.25, 0.3) is 0 Å². The maximum Gasteiger partial charge on any atom is 0.336 e. The lowest BCUT2D eigenvalue weighted by Crippen LogP contribution is -2.59. The third-order valence-electron chi connectivity index (χ3n) is 4.37. The number of hydrogen-bond donors (Lipinski definition) is 2. The third kappa shape index (κ3) is 5.44. The highest BCUT2D eigenvalue weighted by atomic mass is 28.3. The fourth-order valence-corrected chi connectivity index (χ4v) is 3.95. The Morgan fingerprint density at radius 3 is 2.26 bits per heavy atom. The fourth-order valence-electron chi connectivity index (χ4n) is 2.72. The van der Waals surface area contributed by atoms with Gasteiger partial charge in [0.15, 0.2) is 14.6 Å². The van der Waals surface area contributed by atoms with Gasteiger partial charge in [0, 0.05) is 19.0 Å². The molecule has 0 amide bonds. The maximum atomic E-state index is 12.1. The summed E-state index contributed by atoms with van der Waals surface area (Å²) in [4.78, 5) is 12.1. The third-order valence-corrected chi connectivity index (χ3v) is 5.26. The minimum atomic E-state index is -1.52. The molecule has 0 aliphatic heterocycles. The zero-order valence-corrected chi connectivity index (χ0v) is 16.4. The second-order valence-corrected chi connectivity index (χ2v) is 9.87. The first kappa shape index (κ1) is 19.9. The van der Waals surface area contributed by atoms with E-state index in [4.69, 9.17) is 4.43 Å². The van der Waals surface area contributed by atoms with Gasteiger partial charge in [-0.15, -0.1) is 0 Å². The number of nitrogens with one attached hydrogen (secondary N) is 1. The summed E-state index contributed by atoms with van der Waals surface area (Å²) in [6.45, 7) is 13.2. The smallest absolute Gasteiger partial charge is 0.336 e. The minimum absolute atomic E-state index is 0.120. The van der Waals surface area contributed by atoms with Gasteiger partial charge in [-0.1, -0.05) is 58.0 Å². The van der Waals surface area contributed by atoms with Gasteiger partial charge in [-0.05, 0) is 24.1 Å². The van der Waals surface area contributed by atoms with Crippen LogP contribution in [0.3, 0.4) is 0 Å². The number of carboxylic acids is 1. The van der Waals surface area contributed by atoms with Crippen LogP contribution in [0.2, 0.25) is 13.1 Å². The first-order chi connectivity index (χ1) is 10.6. The molecule has 0 aliphatic rings. The lowest BCUT2D eigenvalue weighted by atomic mass is 9.71. The Hall–Kier alpha value is -1.17. The van der Waals surface area contributed by atoms with Crippen LogP contribution in [-0.2, 0) is 15.8 Å². The van der Waals surface area contributed by atoms with Crippen molar-refractivity contribution in [2.75, 3.05) is 6.54 Å². The number of hydrogen-bond acceptors (Lipinski definition) is 3. The number of aliphatic carboxylic acids is 1. The molecule has 0 fully saturated rings.